The van der Waals surface area contributed by atoms with Crippen LogP contribution >= 0.6 is 11.6 Å². The molecule has 3 aliphatic carbocycles. The fourth-order valence-corrected chi connectivity index (χ4v) is 13.5. The second-order valence-electron chi connectivity index (χ2n) is 26.5. The van der Waals surface area contributed by atoms with Gasteiger partial charge in [0.2, 0.25) is 65.0 Å². The molecule has 496 valence electrons. The molecule has 5 aliphatic rings. The van der Waals surface area contributed by atoms with Crippen LogP contribution in [-0.2, 0) is 65.3 Å². The molecule has 0 unspecified atom stereocenters. The topological polar surface area (TPSA) is 259 Å². The van der Waals surface area contributed by atoms with E-state index in [2.05, 4.69) is 21.3 Å². The Labute approximate surface area is 526 Å². The van der Waals surface area contributed by atoms with Crippen LogP contribution in [0.25, 0.3) is 0 Å². The second kappa shape index (κ2) is 31.0. The monoisotopic (exact) mass is 1270 g/mol. The molecule has 5 fully saturated rings. The molecule has 3 saturated carbocycles. The Morgan fingerprint density at radius 2 is 1.26 bits per heavy atom. The Balaban J connectivity index is 1.34. The molecule has 26 heteroatoms. The lowest BCUT2D eigenvalue weighted by atomic mass is 9.84. The average Bonchev–Trinajstić information content (AvgIpc) is 2.66. The second-order valence-corrected chi connectivity index (χ2v) is 26.9. The smallest absolute Gasteiger partial charge is 0.351 e. The van der Waals surface area contributed by atoms with Gasteiger partial charge in [-0.3, -0.25) is 52.7 Å². The van der Waals surface area contributed by atoms with E-state index in [1.807, 2.05) is 13.8 Å². The van der Waals surface area contributed by atoms with Gasteiger partial charge in [0, 0.05) is 61.3 Å². The number of hydrogen-bond acceptors (Lipinski definition) is 11. The van der Waals surface area contributed by atoms with Crippen LogP contribution in [0.3, 0.4) is 0 Å². The van der Waals surface area contributed by atoms with Crippen LogP contribution in [0.5, 0.6) is 0 Å². The number of carbonyl (C=O) groups is 11. The summed E-state index contributed by atoms with van der Waals surface area (Å²) in [6.07, 6.45) is 2.94. The SMILES string of the molecule is CC(C)C[C@H]1C(=O)N[C@@H](C2CC2)C(=O)N(C)CC(=O)N(C)CC(=O)N(C)[C@@H](CC2CCCCC2)C(=O)N(C)CC(=O)N[C@@H](CCc2ccc(C(F)(F)F)c(Cl)c2)C(=O)N2CCC[C@H]2C(=O)NC2(CCCC2)C(=O)N(C)[C@@H](C(C)C)C(=O)N[C@H](C)CC(=O)N1C. The number of nitrogens with zero attached hydrogens (tertiary/aromatic N) is 7. The Kier molecular flexibility index (Phi) is 24.9. The molecule has 22 nitrogen and oxygen atoms in total. The summed E-state index contributed by atoms with van der Waals surface area (Å²) in [6.45, 7) is 7.41. The van der Waals surface area contributed by atoms with Gasteiger partial charge in [-0.15, -0.1) is 0 Å². The van der Waals surface area contributed by atoms with Gasteiger partial charge in [-0.1, -0.05) is 90.3 Å². The minimum atomic E-state index is -4.74. The summed E-state index contributed by atoms with van der Waals surface area (Å²) < 4.78 is 41.3. The van der Waals surface area contributed by atoms with Crippen LogP contribution in [0.2, 0.25) is 5.02 Å². The summed E-state index contributed by atoms with van der Waals surface area (Å²) in [7, 11) is 8.58. The van der Waals surface area contributed by atoms with E-state index in [1.165, 1.54) is 72.9 Å². The minimum Gasteiger partial charge on any atom is -0.351 e. The first-order valence-electron chi connectivity index (χ1n) is 31.7. The Morgan fingerprint density at radius 3 is 1.85 bits per heavy atom. The predicted octanol–water partition coefficient (Wildman–Crippen LogP) is 4.53. The van der Waals surface area contributed by atoms with Crippen LogP contribution in [0.4, 0.5) is 13.2 Å². The van der Waals surface area contributed by atoms with Crippen molar-refractivity contribution >= 4 is 76.6 Å². The molecule has 4 N–H and O–H groups in total. The summed E-state index contributed by atoms with van der Waals surface area (Å²) in [4.78, 5) is 167. The molecule has 1 aromatic rings. The Hall–Kier alpha value is -6.53. The van der Waals surface area contributed by atoms with Gasteiger partial charge in [-0.05, 0) is 112 Å². The van der Waals surface area contributed by atoms with Gasteiger partial charge in [0.25, 0.3) is 0 Å². The zero-order valence-electron chi connectivity index (χ0n) is 53.8. The normalized spacial score (nSPS) is 27.0. The third-order valence-corrected chi connectivity index (χ3v) is 18.8. The molecule has 2 heterocycles. The van der Waals surface area contributed by atoms with Crippen molar-refractivity contribution in [2.24, 2.45) is 23.7 Å². The van der Waals surface area contributed by atoms with Crippen molar-refractivity contribution in [3.63, 3.8) is 0 Å². The molecule has 1 aromatic carbocycles. The molecule has 7 atom stereocenters. The maximum Gasteiger partial charge on any atom is 0.417 e. The fourth-order valence-electron chi connectivity index (χ4n) is 13.2. The Bertz CT molecular complexity index is 2770. The van der Waals surface area contributed by atoms with E-state index in [0.717, 1.165) is 54.0 Å². The number of nitrogens with one attached hydrogen (secondary N) is 4. The molecule has 89 heavy (non-hydrogen) atoms. The van der Waals surface area contributed by atoms with Crippen molar-refractivity contribution in [1.82, 2.24) is 55.6 Å². The summed E-state index contributed by atoms with van der Waals surface area (Å²) in [5, 5.41) is 11.0. The van der Waals surface area contributed by atoms with Crippen LogP contribution in [0.15, 0.2) is 18.2 Å². The van der Waals surface area contributed by atoms with E-state index < -0.39 is 155 Å². The van der Waals surface area contributed by atoms with Crippen LogP contribution in [0.1, 0.15) is 155 Å². The number of fused-ring (bicyclic) bond motifs is 1. The highest BCUT2D eigenvalue weighted by molar-refractivity contribution is 6.31. The van der Waals surface area contributed by atoms with Crippen molar-refractivity contribution in [3.8, 4) is 0 Å². The summed E-state index contributed by atoms with van der Waals surface area (Å²) in [6, 6.07) is -4.43. The first-order chi connectivity index (χ1) is 41.7. The van der Waals surface area contributed by atoms with Crippen molar-refractivity contribution < 1.29 is 65.9 Å². The van der Waals surface area contributed by atoms with Crippen molar-refractivity contribution in [2.45, 2.75) is 204 Å². The maximum atomic E-state index is 15.0. The lowest BCUT2D eigenvalue weighted by Crippen LogP contribution is -2.64. The van der Waals surface area contributed by atoms with Crippen LogP contribution < -0.4 is 21.3 Å². The Morgan fingerprint density at radius 1 is 0.640 bits per heavy atom. The standard InChI is InChI=1S/C63H95ClF3N11O11/c1-37(2)30-47-55(83)70-53(42-23-24-42)60(88)74(8)35-51(81)72(6)36-52(82)76(10)48(33-40-18-13-12-14-19-40)59(87)73(7)34-49(79)69-45(26-22-41-21-25-43(44(64)32-41)63(65,66)67)58(86)78-29-17-20-46(78)56(84)71-62(27-15-16-28-62)61(89)77(11)54(38(3)4)57(85)68-39(5)31-50(80)75(47)9/h21,25,32,37-40,42,45-48,53-54H,12-20,22-24,26-31,33-36H2,1-11H3,(H,68,85)(H,69,79)(H,70,83)(H,71,84)/t39-,45+,46+,47+,48+,53+,54+/m1/s1. The van der Waals surface area contributed by atoms with E-state index in [4.69, 9.17) is 11.6 Å². The third kappa shape index (κ3) is 18.6. The van der Waals surface area contributed by atoms with Gasteiger partial charge >= 0.3 is 6.18 Å². The highest BCUT2D eigenvalue weighted by Gasteiger charge is 2.50. The van der Waals surface area contributed by atoms with Crippen molar-refractivity contribution in [2.75, 3.05) is 68.5 Å². The van der Waals surface area contributed by atoms with Gasteiger partial charge in [0.1, 0.15) is 41.8 Å². The molecule has 2 saturated heterocycles. The number of amides is 11. The van der Waals surface area contributed by atoms with E-state index >= 15 is 0 Å². The summed E-state index contributed by atoms with van der Waals surface area (Å²) in [5.41, 5.74) is -2.24. The summed E-state index contributed by atoms with van der Waals surface area (Å²) >= 11 is 6.11. The minimum absolute atomic E-state index is 0.0394. The fraction of sp³-hybridized carbons (Fsp3) is 0.730. The van der Waals surface area contributed by atoms with Gasteiger partial charge in [-0.25, -0.2) is 0 Å². The largest absolute Gasteiger partial charge is 0.417 e. The molecular weight excluding hydrogens is 1180 g/mol. The zero-order chi connectivity index (χ0) is 66.0. The molecule has 0 radical (unpaired) electrons. The predicted molar refractivity (Wildman–Crippen MR) is 326 cm³/mol. The molecule has 2 aliphatic heterocycles. The maximum absolute atomic E-state index is 15.0. The van der Waals surface area contributed by atoms with E-state index in [0.29, 0.717) is 37.7 Å². The lowest BCUT2D eigenvalue weighted by molar-refractivity contribution is -0.149. The van der Waals surface area contributed by atoms with Crippen molar-refractivity contribution in [1.29, 1.82) is 0 Å². The number of alkyl halides is 3. The zero-order valence-corrected chi connectivity index (χ0v) is 54.5. The van der Waals surface area contributed by atoms with Crippen LogP contribution in [-0.4, -0.2) is 216 Å². The first kappa shape index (κ1) is 71.5. The van der Waals surface area contributed by atoms with Gasteiger partial charge in [0.15, 0.2) is 0 Å². The molecule has 6 rings (SSSR count). The quantitative estimate of drug-likeness (QED) is 0.267. The molecule has 0 aromatic heterocycles. The number of benzene rings is 1. The number of halogens is 4. The summed E-state index contributed by atoms with van der Waals surface area (Å²) in [5.74, 6) is -7.45. The van der Waals surface area contributed by atoms with Gasteiger partial charge < -0.3 is 55.6 Å². The number of likely N-dealkylation sites (N-methyl/N-ethyl adjacent to an activating group) is 6. The van der Waals surface area contributed by atoms with Gasteiger partial charge in [0.05, 0.1) is 30.2 Å². The van der Waals surface area contributed by atoms with Crippen molar-refractivity contribution in [3.05, 3.63) is 34.3 Å². The molecule has 11 amide bonds. The number of aryl methyl sites for hydroxylation is 1. The third-order valence-electron chi connectivity index (χ3n) is 18.5. The number of hydrogen-bond donors (Lipinski definition) is 4. The van der Waals surface area contributed by atoms with Gasteiger partial charge in [-0.2, -0.15) is 13.2 Å². The highest BCUT2D eigenvalue weighted by Crippen LogP contribution is 2.37. The molecule has 0 bridgehead atoms. The van der Waals surface area contributed by atoms with E-state index in [1.54, 1.807) is 20.8 Å². The lowest BCUT2D eigenvalue weighted by Gasteiger charge is -2.39. The van der Waals surface area contributed by atoms with E-state index in [-0.39, 0.29) is 75.7 Å². The van der Waals surface area contributed by atoms with E-state index in [9.17, 15) is 65.9 Å². The molecular formula is C63H95ClF3N11O11. The van der Waals surface area contributed by atoms with Crippen LogP contribution in [0, 0.1) is 23.7 Å². The number of carbonyl (C=O) groups excluding carboxylic acids is 11. The average molecular weight is 1270 g/mol. The first-order valence-corrected chi connectivity index (χ1v) is 32.0. The number of rotatable bonds is 9. The highest BCUT2D eigenvalue weighted by atomic mass is 35.5. The molecule has 1 spiro atoms.